The van der Waals surface area contributed by atoms with Gasteiger partial charge in [-0.05, 0) is 26.1 Å². The van der Waals surface area contributed by atoms with Crippen LogP contribution in [0.1, 0.15) is 19.4 Å². The molecule has 0 aliphatic carbocycles. The number of anilines is 1. The molecule has 0 aromatic heterocycles. The molecule has 5 nitrogen and oxygen atoms in total. The standard InChI is InChI=1S/C12H15N3O2S/c1-3-16-10-5-8(7-13)9(15-12(14)18)6-11(10)17-4-2/h5-6H,3-4H2,1-2H3,(H3,14,15,18). The Morgan fingerprint density at radius 2 is 1.89 bits per heavy atom. The van der Waals surface area contributed by atoms with Crippen LogP contribution in [-0.4, -0.2) is 18.3 Å². The third kappa shape index (κ3) is 3.50. The van der Waals surface area contributed by atoms with Crippen LogP contribution in [0.25, 0.3) is 0 Å². The number of ether oxygens (including phenoxy) is 2. The highest BCUT2D eigenvalue weighted by molar-refractivity contribution is 7.80. The maximum Gasteiger partial charge on any atom is 0.168 e. The number of hydrogen-bond acceptors (Lipinski definition) is 4. The van der Waals surface area contributed by atoms with Crippen LogP contribution in [0.3, 0.4) is 0 Å². The minimum absolute atomic E-state index is 0.0955. The van der Waals surface area contributed by atoms with Gasteiger partial charge in [0.05, 0.1) is 24.5 Å². The highest BCUT2D eigenvalue weighted by Crippen LogP contribution is 2.33. The van der Waals surface area contributed by atoms with Crippen molar-refractivity contribution in [3.8, 4) is 17.6 Å². The van der Waals surface area contributed by atoms with E-state index in [4.69, 9.17) is 32.7 Å². The highest BCUT2D eigenvalue weighted by atomic mass is 32.1. The predicted octanol–water partition coefficient (Wildman–Crippen LogP) is 2.01. The van der Waals surface area contributed by atoms with Gasteiger partial charge in [-0.1, -0.05) is 0 Å². The fourth-order valence-electron chi connectivity index (χ4n) is 1.43. The number of thiocarbonyl (C=S) groups is 1. The molecule has 0 aliphatic rings. The lowest BCUT2D eigenvalue weighted by Gasteiger charge is -2.14. The Balaban J connectivity index is 3.22. The van der Waals surface area contributed by atoms with E-state index in [1.165, 1.54) is 0 Å². The van der Waals surface area contributed by atoms with Crippen LogP contribution in [0, 0.1) is 11.3 Å². The largest absolute Gasteiger partial charge is 0.490 e. The molecule has 3 N–H and O–H groups in total. The van der Waals surface area contributed by atoms with Gasteiger partial charge in [-0.25, -0.2) is 0 Å². The zero-order valence-electron chi connectivity index (χ0n) is 10.3. The van der Waals surface area contributed by atoms with E-state index in [-0.39, 0.29) is 5.11 Å². The fourth-order valence-corrected chi connectivity index (χ4v) is 1.54. The first-order valence-corrected chi connectivity index (χ1v) is 5.93. The fraction of sp³-hybridized carbons (Fsp3) is 0.333. The van der Waals surface area contributed by atoms with Crippen LogP contribution in [0.4, 0.5) is 5.69 Å². The second-order valence-electron chi connectivity index (χ2n) is 3.31. The molecule has 0 fully saturated rings. The van der Waals surface area contributed by atoms with Gasteiger partial charge in [-0.2, -0.15) is 5.26 Å². The molecule has 0 bridgehead atoms. The van der Waals surface area contributed by atoms with Gasteiger partial charge in [-0.15, -0.1) is 0 Å². The molecule has 1 aromatic carbocycles. The van der Waals surface area contributed by atoms with Crippen molar-refractivity contribution in [1.29, 1.82) is 5.26 Å². The molecular formula is C12H15N3O2S. The van der Waals surface area contributed by atoms with E-state index >= 15 is 0 Å². The molecular weight excluding hydrogens is 250 g/mol. The quantitative estimate of drug-likeness (QED) is 0.793. The Bertz CT molecular complexity index is 483. The molecule has 0 unspecified atom stereocenters. The number of nitrogens with zero attached hydrogens (tertiary/aromatic N) is 1. The van der Waals surface area contributed by atoms with E-state index < -0.39 is 0 Å². The number of hydrogen-bond donors (Lipinski definition) is 2. The molecule has 0 radical (unpaired) electrons. The van der Waals surface area contributed by atoms with Crippen molar-refractivity contribution < 1.29 is 9.47 Å². The first kappa shape index (κ1) is 14.1. The lowest BCUT2D eigenvalue weighted by Crippen LogP contribution is -2.19. The SMILES string of the molecule is CCOc1cc(C#N)c(NC(N)=S)cc1OCC. The van der Waals surface area contributed by atoms with Gasteiger partial charge in [0.25, 0.3) is 0 Å². The summed E-state index contributed by atoms with van der Waals surface area (Å²) in [6, 6.07) is 5.32. The Morgan fingerprint density at radius 1 is 1.33 bits per heavy atom. The van der Waals surface area contributed by atoms with Crippen molar-refractivity contribution in [3.05, 3.63) is 17.7 Å². The number of nitrogens with two attached hydrogens (primary N) is 1. The molecule has 0 saturated carbocycles. The molecule has 18 heavy (non-hydrogen) atoms. The first-order chi connectivity index (χ1) is 8.62. The van der Waals surface area contributed by atoms with Crippen LogP contribution in [0.15, 0.2) is 12.1 Å². The first-order valence-electron chi connectivity index (χ1n) is 5.52. The van der Waals surface area contributed by atoms with Gasteiger partial charge in [0, 0.05) is 12.1 Å². The number of rotatable bonds is 5. The van der Waals surface area contributed by atoms with E-state index in [1.807, 2.05) is 13.8 Å². The number of nitrogens with one attached hydrogen (secondary N) is 1. The number of nitriles is 1. The summed E-state index contributed by atoms with van der Waals surface area (Å²) in [5.41, 5.74) is 6.32. The van der Waals surface area contributed by atoms with E-state index in [1.54, 1.807) is 12.1 Å². The summed E-state index contributed by atoms with van der Waals surface area (Å²) in [5, 5.41) is 11.9. The second kappa shape index (κ2) is 6.67. The summed E-state index contributed by atoms with van der Waals surface area (Å²) in [6.07, 6.45) is 0. The molecule has 1 rings (SSSR count). The molecule has 0 aliphatic heterocycles. The van der Waals surface area contributed by atoms with Crippen LogP contribution in [0.2, 0.25) is 0 Å². The Hall–Kier alpha value is -2.00. The van der Waals surface area contributed by atoms with Crippen LogP contribution >= 0.6 is 12.2 Å². The lowest BCUT2D eigenvalue weighted by molar-refractivity contribution is 0.288. The van der Waals surface area contributed by atoms with Crippen molar-refractivity contribution in [1.82, 2.24) is 0 Å². The minimum atomic E-state index is 0.0955. The van der Waals surface area contributed by atoms with Crippen LogP contribution in [0.5, 0.6) is 11.5 Å². The van der Waals surface area contributed by atoms with Crippen molar-refractivity contribution >= 4 is 23.0 Å². The molecule has 0 spiro atoms. The molecule has 96 valence electrons. The van der Waals surface area contributed by atoms with Crippen molar-refractivity contribution in [2.75, 3.05) is 18.5 Å². The van der Waals surface area contributed by atoms with Crippen molar-refractivity contribution in [2.45, 2.75) is 13.8 Å². The van der Waals surface area contributed by atoms with Crippen LogP contribution in [-0.2, 0) is 0 Å². The lowest BCUT2D eigenvalue weighted by atomic mass is 10.1. The van der Waals surface area contributed by atoms with Crippen molar-refractivity contribution in [2.24, 2.45) is 5.73 Å². The third-order valence-corrected chi connectivity index (χ3v) is 2.16. The highest BCUT2D eigenvalue weighted by Gasteiger charge is 2.12. The van der Waals surface area contributed by atoms with Gasteiger partial charge in [-0.3, -0.25) is 0 Å². The Kier molecular flexibility index (Phi) is 5.21. The van der Waals surface area contributed by atoms with Gasteiger partial charge in [0.1, 0.15) is 6.07 Å². The topological polar surface area (TPSA) is 80.3 Å². The summed E-state index contributed by atoms with van der Waals surface area (Å²) in [4.78, 5) is 0. The maximum absolute atomic E-state index is 9.07. The average Bonchev–Trinajstić information content (AvgIpc) is 2.32. The second-order valence-corrected chi connectivity index (χ2v) is 3.75. The maximum atomic E-state index is 9.07. The zero-order chi connectivity index (χ0) is 13.5. The molecule has 0 saturated heterocycles. The number of benzene rings is 1. The third-order valence-electron chi connectivity index (χ3n) is 2.06. The Morgan fingerprint density at radius 3 is 2.33 bits per heavy atom. The van der Waals surface area contributed by atoms with E-state index in [2.05, 4.69) is 11.4 Å². The van der Waals surface area contributed by atoms with Gasteiger partial charge in [0.2, 0.25) is 0 Å². The van der Waals surface area contributed by atoms with Crippen LogP contribution < -0.4 is 20.5 Å². The Labute approximate surface area is 111 Å². The van der Waals surface area contributed by atoms with Gasteiger partial charge < -0.3 is 20.5 Å². The summed E-state index contributed by atoms with van der Waals surface area (Å²) >= 11 is 4.76. The molecule has 0 amide bonds. The summed E-state index contributed by atoms with van der Waals surface area (Å²) in [5.74, 6) is 1.08. The summed E-state index contributed by atoms with van der Waals surface area (Å²) in [6.45, 7) is 4.73. The smallest absolute Gasteiger partial charge is 0.168 e. The zero-order valence-corrected chi connectivity index (χ0v) is 11.1. The minimum Gasteiger partial charge on any atom is -0.490 e. The molecule has 6 heteroatoms. The van der Waals surface area contributed by atoms with E-state index in [9.17, 15) is 0 Å². The molecule has 1 aromatic rings. The van der Waals surface area contributed by atoms with E-state index in [0.717, 1.165) is 0 Å². The normalized spacial score (nSPS) is 9.39. The summed E-state index contributed by atoms with van der Waals surface area (Å²) in [7, 11) is 0. The van der Waals surface area contributed by atoms with E-state index in [0.29, 0.717) is 36.0 Å². The predicted molar refractivity (Wildman–Crippen MR) is 73.9 cm³/mol. The monoisotopic (exact) mass is 265 g/mol. The van der Waals surface area contributed by atoms with Gasteiger partial charge in [0.15, 0.2) is 16.6 Å². The van der Waals surface area contributed by atoms with Crippen molar-refractivity contribution in [3.63, 3.8) is 0 Å². The molecule has 0 heterocycles. The molecule has 0 atom stereocenters. The summed E-state index contributed by atoms with van der Waals surface area (Å²) < 4.78 is 10.9. The van der Waals surface area contributed by atoms with Gasteiger partial charge >= 0.3 is 0 Å². The average molecular weight is 265 g/mol.